The van der Waals surface area contributed by atoms with Crippen molar-refractivity contribution < 1.29 is 0 Å². The van der Waals surface area contributed by atoms with Crippen LogP contribution in [0.1, 0.15) is 0 Å². The van der Waals surface area contributed by atoms with E-state index in [1.54, 1.807) is 12.4 Å². The van der Waals surface area contributed by atoms with Crippen LogP contribution in [0.3, 0.4) is 0 Å². The van der Waals surface area contributed by atoms with Crippen molar-refractivity contribution in [1.82, 2.24) is 28.7 Å². The van der Waals surface area contributed by atoms with Crippen LogP contribution in [0.15, 0.2) is 170 Å². The average Bonchev–Trinajstić information content (AvgIpc) is 3.83. The summed E-state index contributed by atoms with van der Waals surface area (Å²) in [6.07, 6.45) is 3.56. The minimum atomic E-state index is 0.709. The molecule has 4 heterocycles. The number of fused-ring (bicyclic) bond motifs is 7. The first-order valence-electron chi connectivity index (χ1n) is 16.4. The van der Waals surface area contributed by atoms with Gasteiger partial charge in [-0.3, -0.25) is 9.13 Å². The van der Waals surface area contributed by atoms with Crippen LogP contribution in [0.2, 0.25) is 0 Å². The summed E-state index contributed by atoms with van der Waals surface area (Å²) < 4.78 is 7.06. The van der Waals surface area contributed by atoms with Gasteiger partial charge in [0.25, 0.3) is 0 Å². The molecule has 0 radical (unpaired) electrons. The molecule has 10 aromatic rings. The fourth-order valence-corrected chi connectivity index (χ4v) is 7.29. The highest BCUT2D eigenvalue weighted by Crippen LogP contribution is 2.44. The molecule has 0 N–H and O–H groups in total. The monoisotopic (exact) mass is 628 g/mol. The van der Waals surface area contributed by atoms with Gasteiger partial charge in [-0.15, -0.1) is 0 Å². The zero-order valence-corrected chi connectivity index (χ0v) is 26.3. The van der Waals surface area contributed by atoms with E-state index < -0.39 is 0 Å². The van der Waals surface area contributed by atoms with Crippen molar-refractivity contribution in [2.24, 2.45) is 0 Å². The number of imidazole rings is 1. The molecular weight excluding hydrogens is 601 g/mol. The number of hydrogen-bond donors (Lipinski definition) is 0. The lowest BCUT2D eigenvalue weighted by Crippen LogP contribution is -1.99. The number of hydrogen-bond acceptors (Lipinski definition) is 3. The highest BCUT2D eigenvalue weighted by Gasteiger charge is 2.27. The maximum atomic E-state index is 5.48. The van der Waals surface area contributed by atoms with Gasteiger partial charge in [0.15, 0.2) is 11.5 Å². The zero-order chi connectivity index (χ0) is 32.3. The predicted molar refractivity (Wildman–Crippen MR) is 199 cm³/mol. The minimum absolute atomic E-state index is 0.709. The lowest BCUT2D eigenvalue weighted by atomic mass is 10.1. The van der Waals surface area contributed by atoms with E-state index in [0.717, 1.165) is 67.1 Å². The summed E-state index contributed by atoms with van der Waals surface area (Å²) in [4.78, 5) is 14.5. The van der Waals surface area contributed by atoms with Crippen LogP contribution in [-0.4, -0.2) is 28.7 Å². The Bertz CT molecular complexity index is 2780. The maximum Gasteiger partial charge on any atom is 0.165 e. The second kappa shape index (κ2) is 10.9. The SMILES string of the molecule is c1ccc(-c2nc3c(c4c(ccc5c6ccccc6n(-c6ccc(-c7ncccn7)cc6)c54)n3-c3ccccc3)n2-c2ccccc2)cc1. The molecule has 0 atom stereocenters. The van der Waals surface area contributed by atoms with Crippen LogP contribution in [0.4, 0.5) is 0 Å². The third-order valence-electron chi connectivity index (χ3n) is 9.37. The van der Waals surface area contributed by atoms with Crippen LogP contribution in [0.25, 0.3) is 83.7 Å². The molecule has 6 nitrogen and oxygen atoms in total. The molecule has 0 aliphatic rings. The molecule has 0 saturated carbocycles. The third kappa shape index (κ3) is 4.17. The molecule has 0 saturated heterocycles. The summed E-state index contributed by atoms with van der Waals surface area (Å²) in [7, 11) is 0. The van der Waals surface area contributed by atoms with E-state index in [2.05, 4.69) is 175 Å². The molecule has 6 aromatic carbocycles. The van der Waals surface area contributed by atoms with Gasteiger partial charge in [-0.25, -0.2) is 15.0 Å². The van der Waals surface area contributed by atoms with Gasteiger partial charge in [-0.05, 0) is 66.7 Å². The lowest BCUT2D eigenvalue weighted by Gasteiger charge is -2.13. The van der Waals surface area contributed by atoms with Crippen molar-refractivity contribution in [1.29, 1.82) is 0 Å². The van der Waals surface area contributed by atoms with E-state index in [0.29, 0.717) is 5.82 Å². The van der Waals surface area contributed by atoms with E-state index in [1.807, 2.05) is 6.07 Å². The van der Waals surface area contributed by atoms with Crippen molar-refractivity contribution in [3.63, 3.8) is 0 Å². The average molecular weight is 629 g/mol. The fraction of sp³-hybridized carbons (Fsp3) is 0. The number of para-hydroxylation sites is 3. The van der Waals surface area contributed by atoms with Crippen molar-refractivity contribution in [2.45, 2.75) is 0 Å². The van der Waals surface area contributed by atoms with Gasteiger partial charge in [-0.2, -0.15) is 0 Å². The molecule has 0 aliphatic carbocycles. The molecule has 0 spiro atoms. The fourth-order valence-electron chi connectivity index (χ4n) is 7.29. The van der Waals surface area contributed by atoms with Gasteiger partial charge < -0.3 is 4.57 Å². The molecule has 0 fully saturated rings. The number of rotatable bonds is 5. The first-order valence-corrected chi connectivity index (χ1v) is 16.4. The Labute approximate surface area is 281 Å². The van der Waals surface area contributed by atoms with Crippen molar-refractivity contribution in [3.8, 4) is 39.8 Å². The van der Waals surface area contributed by atoms with Gasteiger partial charge in [-0.1, -0.05) is 91.0 Å². The van der Waals surface area contributed by atoms with E-state index in [-0.39, 0.29) is 0 Å². The second-order valence-electron chi connectivity index (χ2n) is 12.1. The molecule has 230 valence electrons. The van der Waals surface area contributed by atoms with E-state index in [4.69, 9.17) is 4.98 Å². The largest absolute Gasteiger partial charge is 0.308 e. The summed E-state index contributed by atoms with van der Waals surface area (Å²) in [6.45, 7) is 0. The minimum Gasteiger partial charge on any atom is -0.308 e. The first-order chi connectivity index (χ1) is 24.3. The van der Waals surface area contributed by atoms with Crippen LogP contribution < -0.4 is 0 Å². The van der Waals surface area contributed by atoms with Crippen LogP contribution >= 0.6 is 0 Å². The molecule has 0 aliphatic heterocycles. The maximum absolute atomic E-state index is 5.48. The highest BCUT2D eigenvalue weighted by molar-refractivity contribution is 6.25. The van der Waals surface area contributed by atoms with E-state index in [9.17, 15) is 0 Å². The molecular formula is C43H28N6. The zero-order valence-electron chi connectivity index (χ0n) is 26.3. The van der Waals surface area contributed by atoms with E-state index >= 15 is 0 Å². The Morgan fingerprint density at radius 3 is 1.71 bits per heavy atom. The van der Waals surface area contributed by atoms with Gasteiger partial charge in [0.05, 0.1) is 21.9 Å². The topological polar surface area (TPSA) is 53.5 Å². The van der Waals surface area contributed by atoms with Crippen LogP contribution in [-0.2, 0) is 0 Å². The summed E-state index contributed by atoms with van der Waals surface area (Å²) in [5.41, 5.74) is 10.6. The molecule has 49 heavy (non-hydrogen) atoms. The summed E-state index contributed by atoms with van der Waals surface area (Å²) in [5, 5.41) is 3.53. The first kappa shape index (κ1) is 27.3. The Hall–Kier alpha value is -6.79. The summed E-state index contributed by atoms with van der Waals surface area (Å²) in [5.74, 6) is 1.61. The van der Waals surface area contributed by atoms with Crippen molar-refractivity contribution in [2.75, 3.05) is 0 Å². The van der Waals surface area contributed by atoms with Crippen LogP contribution in [0.5, 0.6) is 0 Å². The number of benzene rings is 6. The number of nitrogens with zero attached hydrogens (tertiary/aromatic N) is 6. The Morgan fingerprint density at radius 1 is 0.388 bits per heavy atom. The predicted octanol–water partition coefficient (Wildman–Crippen LogP) is 10.2. The molecule has 4 aromatic heterocycles. The quantitative estimate of drug-likeness (QED) is 0.191. The van der Waals surface area contributed by atoms with Gasteiger partial charge in [0.1, 0.15) is 11.3 Å². The molecule has 6 heteroatoms. The molecule has 0 amide bonds. The molecule has 0 bridgehead atoms. The second-order valence-corrected chi connectivity index (χ2v) is 12.1. The van der Waals surface area contributed by atoms with Crippen LogP contribution in [0, 0.1) is 0 Å². The standard InChI is InChI=1S/C43H28N6/c1-4-13-30(14-5-1)42-46-43-40(49(42)32-17-8-3-9-18-32)38-37(48(43)31-15-6-2-7-16-31)26-25-35-34-19-10-11-20-36(34)47(39(35)38)33-23-21-29(22-24-33)41-44-27-12-28-45-41/h1-28H. The Balaban J connectivity index is 1.40. The van der Waals surface area contributed by atoms with Gasteiger partial charge >= 0.3 is 0 Å². The molecule has 10 rings (SSSR count). The lowest BCUT2D eigenvalue weighted by molar-refractivity contribution is 1.10. The smallest absolute Gasteiger partial charge is 0.165 e. The molecule has 0 unspecified atom stereocenters. The normalized spacial score (nSPS) is 11.7. The van der Waals surface area contributed by atoms with Crippen molar-refractivity contribution in [3.05, 3.63) is 170 Å². The van der Waals surface area contributed by atoms with Gasteiger partial charge in [0, 0.05) is 51.4 Å². The Kier molecular flexibility index (Phi) is 6.08. The summed E-state index contributed by atoms with van der Waals surface area (Å²) in [6, 6.07) is 55.2. The van der Waals surface area contributed by atoms with Gasteiger partial charge in [0.2, 0.25) is 0 Å². The van der Waals surface area contributed by atoms with E-state index in [1.165, 1.54) is 10.8 Å². The third-order valence-corrected chi connectivity index (χ3v) is 9.37. The number of aromatic nitrogens is 6. The Morgan fingerprint density at radius 2 is 1.00 bits per heavy atom. The van der Waals surface area contributed by atoms with Crippen molar-refractivity contribution >= 4 is 43.9 Å². The highest BCUT2D eigenvalue weighted by atomic mass is 15.2. The summed E-state index contributed by atoms with van der Waals surface area (Å²) >= 11 is 0.